The summed E-state index contributed by atoms with van der Waals surface area (Å²) >= 11 is 5.81. The van der Waals surface area contributed by atoms with E-state index in [0.29, 0.717) is 11.8 Å². The van der Waals surface area contributed by atoms with Crippen molar-refractivity contribution >= 4 is 17.5 Å². The number of rotatable bonds is 3. The predicted octanol–water partition coefficient (Wildman–Crippen LogP) is 3.78. The van der Waals surface area contributed by atoms with Gasteiger partial charge in [-0.2, -0.15) is 0 Å². The zero-order chi connectivity index (χ0) is 13.8. The fourth-order valence-corrected chi connectivity index (χ4v) is 3.01. The van der Waals surface area contributed by atoms with Crippen LogP contribution in [0.2, 0.25) is 0 Å². The summed E-state index contributed by atoms with van der Waals surface area (Å²) < 4.78 is 0. The molecule has 1 atom stereocenters. The predicted molar refractivity (Wildman–Crippen MR) is 79.9 cm³/mol. The van der Waals surface area contributed by atoms with Crippen LogP contribution in [0.1, 0.15) is 40.7 Å². The highest BCUT2D eigenvalue weighted by atomic mass is 35.5. The van der Waals surface area contributed by atoms with Gasteiger partial charge in [0.15, 0.2) is 0 Å². The summed E-state index contributed by atoms with van der Waals surface area (Å²) in [6.07, 6.45) is 3.31. The molecule has 1 aromatic rings. The average Bonchev–Trinajstić information content (AvgIpc) is 2.42. The molecule has 0 aromatic heterocycles. The van der Waals surface area contributed by atoms with E-state index in [0.717, 1.165) is 31.5 Å². The van der Waals surface area contributed by atoms with E-state index in [9.17, 15) is 4.79 Å². The van der Waals surface area contributed by atoms with Crippen molar-refractivity contribution in [2.75, 3.05) is 19.0 Å². The second kappa shape index (κ2) is 6.42. The van der Waals surface area contributed by atoms with Gasteiger partial charge in [0.05, 0.1) is 0 Å². The van der Waals surface area contributed by atoms with Crippen LogP contribution in [0.3, 0.4) is 0 Å². The molecule has 2 rings (SSSR count). The molecule has 0 radical (unpaired) electrons. The van der Waals surface area contributed by atoms with E-state index >= 15 is 0 Å². The lowest BCUT2D eigenvalue weighted by Crippen LogP contribution is -2.40. The van der Waals surface area contributed by atoms with Gasteiger partial charge in [0.25, 0.3) is 5.91 Å². The Hall–Kier alpha value is -1.02. The van der Waals surface area contributed by atoms with Crippen LogP contribution < -0.4 is 0 Å². The minimum Gasteiger partial charge on any atom is -0.338 e. The Bertz CT molecular complexity index is 456. The molecule has 1 fully saturated rings. The van der Waals surface area contributed by atoms with Crippen molar-refractivity contribution in [3.63, 3.8) is 0 Å². The summed E-state index contributed by atoms with van der Waals surface area (Å²) in [6, 6.07) is 5.97. The number of hydrogen-bond donors (Lipinski definition) is 0. The smallest absolute Gasteiger partial charge is 0.253 e. The summed E-state index contributed by atoms with van der Waals surface area (Å²) in [5, 5.41) is 0. The van der Waals surface area contributed by atoms with E-state index in [2.05, 4.69) is 13.8 Å². The van der Waals surface area contributed by atoms with Crippen LogP contribution in [0, 0.1) is 19.8 Å². The highest BCUT2D eigenvalue weighted by Gasteiger charge is 2.24. The first-order valence-corrected chi connectivity index (χ1v) is 7.57. The number of carbonyl (C=O) groups excluding carboxylic acids is 1. The Balaban J connectivity index is 2.08. The topological polar surface area (TPSA) is 20.3 Å². The zero-order valence-corrected chi connectivity index (χ0v) is 12.5. The SMILES string of the molecule is Cc1ccc(C(=O)N2CCCC(CCCl)C2)cc1C. The normalized spacial score (nSPS) is 19.5. The number of halogens is 1. The maximum Gasteiger partial charge on any atom is 0.253 e. The van der Waals surface area contributed by atoms with Crippen LogP contribution >= 0.6 is 11.6 Å². The molecule has 2 nitrogen and oxygen atoms in total. The molecule has 1 heterocycles. The van der Waals surface area contributed by atoms with Crippen LogP contribution in [-0.4, -0.2) is 29.8 Å². The molecule has 1 unspecified atom stereocenters. The van der Waals surface area contributed by atoms with Gasteiger partial charge in [0.1, 0.15) is 0 Å². The lowest BCUT2D eigenvalue weighted by atomic mass is 9.95. The van der Waals surface area contributed by atoms with Crippen molar-refractivity contribution in [2.45, 2.75) is 33.1 Å². The van der Waals surface area contributed by atoms with E-state index in [4.69, 9.17) is 11.6 Å². The molecule has 104 valence electrons. The Labute approximate surface area is 120 Å². The van der Waals surface area contributed by atoms with Gasteiger partial charge in [0.2, 0.25) is 0 Å². The summed E-state index contributed by atoms with van der Waals surface area (Å²) in [5.74, 6) is 1.43. The van der Waals surface area contributed by atoms with Gasteiger partial charge in [-0.1, -0.05) is 6.07 Å². The number of likely N-dealkylation sites (tertiary alicyclic amines) is 1. The first-order chi connectivity index (χ1) is 9.11. The van der Waals surface area contributed by atoms with Crippen LogP contribution in [0.25, 0.3) is 0 Å². The molecular formula is C16H22ClNO. The molecule has 19 heavy (non-hydrogen) atoms. The lowest BCUT2D eigenvalue weighted by molar-refractivity contribution is 0.0671. The van der Waals surface area contributed by atoms with Crippen molar-refractivity contribution in [2.24, 2.45) is 5.92 Å². The van der Waals surface area contributed by atoms with Crippen molar-refractivity contribution in [3.05, 3.63) is 34.9 Å². The van der Waals surface area contributed by atoms with Crippen molar-refractivity contribution < 1.29 is 4.79 Å². The Morgan fingerprint density at radius 3 is 2.84 bits per heavy atom. The van der Waals surface area contributed by atoms with Gasteiger partial charge in [0, 0.05) is 24.5 Å². The van der Waals surface area contributed by atoms with E-state index in [1.54, 1.807) is 0 Å². The molecule has 1 amide bonds. The maximum absolute atomic E-state index is 12.5. The largest absolute Gasteiger partial charge is 0.338 e. The van der Waals surface area contributed by atoms with Gasteiger partial charge in [-0.25, -0.2) is 0 Å². The van der Waals surface area contributed by atoms with Gasteiger partial charge in [-0.15, -0.1) is 11.6 Å². The number of benzene rings is 1. The summed E-state index contributed by atoms with van der Waals surface area (Å²) in [6.45, 7) is 5.86. The number of hydrogen-bond acceptors (Lipinski definition) is 1. The second-order valence-electron chi connectivity index (χ2n) is 5.54. The van der Waals surface area contributed by atoms with Gasteiger partial charge < -0.3 is 4.90 Å². The van der Waals surface area contributed by atoms with Crippen LogP contribution in [0.5, 0.6) is 0 Å². The molecule has 0 spiro atoms. The maximum atomic E-state index is 12.5. The van der Waals surface area contributed by atoms with Crippen LogP contribution in [0.15, 0.2) is 18.2 Å². The number of piperidine rings is 1. The number of nitrogens with zero attached hydrogens (tertiary/aromatic N) is 1. The standard InChI is InChI=1S/C16H22ClNO/c1-12-5-6-15(10-13(12)2)16(19)18-9-3-4-14(11-18)7-8-17/h5-6,10,14H,3-4,7-9,11H2,1-2H3. The minimum atomic E-state index is 0.169. The molecule has 0 bridgehead atoms. The summed E-state index contributed by atoms with van der Waals surface area (Å²) in [4.78, 5) is 14.5. The molecule has 0 N–H and O–H groups in total. The molecule has 1 aromatic carbocycles. The summed E-state index contributed by atoms with van der Waals surface area (Å²) in [5.41, 5.74) is 3.23. The van der Waals surface area contributed by atoms with E-state index in [1.165, 1.54) is 17.5 Å². The number of alkyl halides is 1. The van der Waals surface area contributed by atoms with Crippen molar-refractivity contribution in [3.8, 4) is 0 Å². The van der Waals surface area contributed by atoms with E-state index < -0.39 is 0 Å². The Morgan fingerprint density at radius 1 is 1.37 bits per heavy atom. The highest BCUT2D eigenvalue weighted by Crippen LogP contribution is 2.22. The molecule has 1 saturated heterocycles. The minimum absolute atomic E-state index is 0.169. The van der Waals surface area contributed by atoms with Gasteiger partial charge in [-0.3, -0.25) is 4.79 Å². The molecule has 1 aliphatic rings. The second-order valence-corrected chi connectivity index (χ2v) is 5.91. The van der Waals surface area contributed by atoms with Crippen molar-refractivity contribution in [1.82, 2.24) is 4.90 Å². The first-order valence-electron chi connectivity index (χ1n) is 7.04. The van der Waals surface area contributed by atoms with Crippen LogP contribution in [0.4, 0.5) is 0 Å². The molecule has 3 heteroatoms. The van der Waals surface area contributed by atoms with Crippen LogP contribution in [-0.2, 0) is 0 Å². The molecule has 0 aliphatic carbocycles. The number of amides is 1. The quantitative estimate of drug-likeness (QED) is 0.771. The Kier molecular flexibility index (Phi) is 4.87. The third-order valence-corrected chi connectivity index (χ3v) is 4.30. The fraction of sp³-hybridized carbons (Fsp3) is 0.562. The average molecular weight is 280 g/mol. The number of carbonyl (C=O) groups is 1. The van der Waals surface area contributed by atoms with Crippen molar-refractivity contribution in [1.29, 1.82) is 0 Å². The zero-order valence-electron chi connectivity index (χ0n) is 11.8. The van der Waals surface area contributed by atoms with E-state index in [1.807, 2.05) is 23.1 Å². The summed E-state index contributed by atoms with van der Waals surface area (Å²) in [7, 11) is 0. The number of aryl methyl sites for hydroxylation is 2. The Morgan fingerprint density at radius 2 is 2.16 bits per heavy atom. The fourth-order valence-electron chi connectivity index (χ4n) is 2.70. The lowest BCUT2D eigenvalue weighted by Gasteiger charge is -2.32. The highest BCUT2D eigenvalue weighted by molar-refractivity contribution is 6.17. The molecular weight excluding hydrogens is 258 g/mol. The van der Waals surface area contributed by atoms with Gasteiger partial charge >= 0.3 is 0 Å². The molecule has 0 saturated carbocycles. The van der Waals surface area contributed by atoms with Gasteiger partial charge in [-0.05, 0) is 62.3 Å². The first kappa shape index (κ1) is 14.4. The third-order valence-electron chi connectivity index (χ3n) is 4.08. The third kappa shape index (κ3) is 3.50. The monoisotopic (exact) mass is 279 g/mol. The molecule has 1 aliphatic heterocycles. The van der Waals surface area contributed by atoms with E-state index in [-0.39, 0.29) is 5.91 Å².